The first-order valence-electron chi connectivity index (χ1n) is 17.4. The Morgan fingerprint density at radius 1 is 0.340 bits per heavy atom. The van der Waals surface area contributed by atoms with Gasteiger partial charge in [0, 0.05) is 32.9 Å². The van der Waals surface area contributed by atoms with Crippen molar-refractivity contribution in [1.82, 2.24) is 9.13 Å². The van der Waals surface area contributed by atoms with Crippen LogP contribution in [0.15, 0.2) is 170 Å². The summed E-state index contributed by atoms with van der Waals surface area (Å²) in [7, 11) is 0. The van der Waals surface area contributed by atoms with Gasteiger partial charge in [-0.25, -0.2) is 0 Å². The van der Waals surface area contributed by atoms with Crippen molar-refractivity contribution in [3.63, 3.8) is 0 Å². The molecule has 0 N–H and O–H groups in total. The van der Waals surface area contributed by atoms with E-state index in [1.165, 1.54) is 87.8 Å². The van der Waals surface area contributed by atoms with Crippen LogP contribution in [0.5, 0.6) is 0 Å². The number of fused-ring (bicyclic) bond motifs is 9. The molecule has 0 atom stereocenters. The van der Waals surface area contributed by atoms with Gasteiger partial charge in [0.2, 0.25) is 0 Å². The zero-order valence-corrected chi connectivity index (χ0v) is 28.1. The molecule has 236 valence electrons. The number of hydrogen-bond donors (Lipinski definition) is 0. The summed E-state index contributed by atoms with van der Waals surface area (Å²) in [5.41, 5.74) is 14.6. The van der Waals surface area contributed by atoms with E-state index in [2.05, 4.69) is 193 Å². The molecule has 0 fully saturated rings. The predicted octanol–water partition coefficient (Wildman–Crippen LogP) is 13.0. The Labute approximate surface area is 291 Å². The minimum atomic E-state index is 1.15. The summed E-state index contributed by atoms with van der Waals surface area (Å²) >= 11 is 0. The zero-order chi connectivity index (χ0) is 33.3. The van der Waals surface area contributed by atoms with E-state index in [-0.39, 0.29) is 0 Å². The van der Waals surface area contributed by atoms with Crippen molar-refractivity contribution in [2.45, 2.75) is 13.8 Å². The average molecular weight is 639 g/mol. The molecule has 0 spiro atoms. The Morgan fingerprint density at radius 3 is 1.50 bits per heavy atom. The molecule has 8 aromatic carbocycles. The van der Waals surface area contributed by atoms with Gasteiger partial charge >= 0.3 is 0 Å². The van der Waals surface area contributed by atoms with Crippen molar-refractivity contribution in [2.75, 3.05) is 0 Å². The third-order valence-corrected chi connectivity index (χ3v) is 10.4. The quantitative estimate of drug-likeness (QED) is 0.182. The fraction of sp³-hybridized carbons (Fsp3) is 0.0417. The summed E-state index contributed by atoms with van der Waals surface area (Å²) in [5, 5.41) is 7.56. The van der Waals surface area contributed by atoms with E-state index in [4.69, 9.17) is 0 Å². The van der Waals surface area contributed by atoms with Gasteiger partial charge in [0.1, 0.15) is 0 Å². The molecule has 0 radical (unpaired) electrons. The summed E-state index contributed by atoms with van der Waals surface area (Å²) in [6.45, 7) is 4.30. The molecule has 2 aromatic heterocycles. The maximum absolute atomic E-state index is 2.51. The number of aromatic nitrogens is 2. The average Bonchev–Trinajstić information content (AvgIpc) is 3.68. The van der Waals surface area contributed by atoms with E-state index in [9.17, 15) is 0 Å². The second-order valence-electron chi connectivity index (χ2n) is 13.5. The molecule has 2 nitrogen and oxygen atoms in total. The molecule has 0 saturated carbocycles. The first kappa shape index (κ1) is 28.6. The summed E-state index contributed by atoms with van der Waals surface area (Å²) < 4.78 is 5.00. The van der Waals surface area contributed by atoms with Crippen molar-refractivity contribution in [2.24, 2.45) is 0 Å². The van der Waals surface area contributed by atoms with E-state index in [0.29, 0.717) is 0 Å². The first-order valence-corrected chi connectivity index (χ1v) is 17.4. The number of hydrogen-bond acceptors (Lipinski definition) is 0. The SMILES string of the molecule is Cc1ccc(-c2ccc3c4ccc5c6c7ccccc7c(-c7ccc(C)cc7)cc6n(-c6ccccc6)c5c4n(-c4ccccc4)c3c2)cc1. The van der Waals surface area contributed by atoms with Gasteiger partial charge in [-0.15, -0.1) is 0 Å². The molecule has 50 heavy (non-hydrogen) atoms. The molecule has 0 unspecified atom stereocenters. The lowest BCUT2D eigenvalue weighted by Gasteiger charge is -2.14. The lowest BCUT2D eigenvalue weighted by Crippen LogP contribution is -1.98. The van der Waals surface area contributed by atoms with E-state index < -0.39 is 0 Å². The number of aryl methyl sites for hydroxylation is 2. The van der Waals surface area contributed by atoms with Crippen molar-refractivity contribution in [1.29, 1.82) is 0 Å². The summed E-state index contributed by atoms with van der Waals surface area (Å²) in [5.74, 6) is 0. The molecule has 0 aliphatic carbocycles. The minimum absolute atomic E-state index is 1.15. The highest BCUT2D eigenvalue weighted by Gasteiger charge is 2.23. The third-order valence-electron chi connectivity index (χ3n) is 10.4. The van der Waals surface area contributed by atoms with Crippen LogP contribution in [0.4, 0.5) is 0 Å². The molecular weight excluding hydrogens is 605 g/mol. The van der Waals surface area contributed by atoms with Gasteiger partial charge in [0.25, 0.3) is 0 Å². The number of benzene rings is 8. The van der Waals surface area contributed by atoms with Gasteiger partial charge in [0.15, 0.2) is 0 Å². The molecule has 2 heterocycles. The third kappa shape index (κ3) is 4.28. The number of para-hydroxylation sites is 2. The van der Waals surface area contributed by atoms with Crippen LogP contribution in [0, 0.1) is 13.8 Å². The standard InChI is InChI=1S/C48H34N2/c1-31-17-21-33(22-18-31)35-25-26-39-41-27-28-42-46-40-16-10-9-15-38(40)43(34-23-19-32(2)20-24-34)30-45(46)50(37-13-7-4-8-14-37)48(42)47(41)49(44(39)29-35)36-11-5-3-6-12-36/h3-30H,1-2H3. The molecule has 0 aliphatic heterocycles. The Morgan fingerprint density at radius 2 is 0.840 bits per heavy atom. The molecule has 0 bridgehead atoms. The lowest BCUT2D eigenvalue weighted by molar-refractivity contribution is 1.15. The van der Waals surface area contributed by atoms with Gasteiger partial charge in [0.05, 0.1) is 22.1 Å². The van der Waals surface area contributed by atoms with Crippen molar-refractivity contribution >= 4 is 54.4 Å². The van der Waals surface area contributed by atoms with Crippen LogP contribution >= 0.6 is 0 Å². The van der Waals surface area contributed by atoms with E-state index in [1.54, 1.807) is 0 Å². The molecule has 2 heteroatoms. The highest BCUT2D eigenvalue weighted by atomic mass is 15.0. The van der Waals surface area contributed by atoms with Crippen LogP contribution in [0.1, 0.15) is 11.1 Å². The van der Waals surface area contributed by atoms with E-state index >= 15 is 0 Å². The molecular formula is C48H34N2. The topological polar surface area (TPSA) is 9.86 Å². The van der Waals surface area contributed by atoms with Crippen LogP contribution in [-0.2, 0) is 0 Å². The van der Waals surface area contributed by atoms with Gasteiger partial charge in [-0.2, -0.15) is 0 Å². The summed E-state index contributed by atoms with van der Waals surface area (Å²) in [4.78, 5) is 0. The van der Waals surface area contributed by atoms with Crippen LogP contribution < -0.4 is 0 Å². The first-order chi connectivity index (χ1) is 24.6. The van der Waals surface area contributed by atoms with Crippen molar-refractivity contribution in [3.8, 4) is 33.6 Å². The Kier molecular flexibility index (Phi) is 6.34. The molecule has 0 saturated heterocycles. The molecule has 0 amide bonds. The van der Waals surface area contributed by atoms with Crippen LogP contribution in [-0.4, -0.2) is 9.13 Å². The highest BCUT2D eigenvalue weighted by molar-refractivity contribution is 6.30. The highest BCUT2D eigenvalue weighted by Crippen LogP contribution is 2.46. The number of rotatable bonds is 4. The normalized spacial score (nSPS) is 11.8. The Balaban J connectivity index is 1.42. The minimum Gasteiger partial charge on any atom is -0.307 e. The van der Waals surface area contributed by atoms with Gasteiger partial charge in [-0.1, -0.05) is 145 Å². The van der Waals surface area contributed by atoms with Crippen LogP contribution in [0.3, 0.4) is 0 Å². The second-order valence-corrected chi connectivity index (χ2v) is 13.5. The lowest BCUT2D eigenvalue weighted by atomic mass is 9.94. The van der Waals surface area contributed by atoms with Crippen LogP contribution in [0.25, 0.3) is 88.0 Å². The monoisotopic (exact) mass is 638 g/mol. The predicted molar refractivity (Wildman–Crippen MR) is 213 cm³/mol. The number of nitrogens with zero attached hydrogens (tertiary/aromatic N) is 2. The molecule has 10 rings (SSSR count). The van der Waals surface area contributed by atoms with E-state index in [1.807, 2.05) is 0 Å². The van der Waals surface area contributed by atoms with Crippen molar-refractivity contribution < 1.29 is 0 Å². The molecule has 10 aromatic rings. The maximum Gasteiger partial charge on any atom is 0.0789 e. The molecule has 0 aliphatic rings. The fourth-order valence-electron chi connectivity index (χ4n) is 8.04. The van der Waals surface area contributed by atoms with Gasteiger partial charge in [-0.3, -0.25) is 0 Å². The maximum atomic E-state index is 2.51. The van der Waals surface area contributed by atoms with Crippen LogP contribution in [0.2, 0.25) is 0 Å². The van der Waals surface area contributed by atoms with Gasteiger partial charge in [-0.05, 0) is 83.3 Å². The second kappa shape index (κ2) is 11.1. The fourth-order valence-corrected chi connectivity index (χ4v) is 8.04. The zero-order valence-electron chi connectivity index (χ0n) is 28.1. The Hall–Kier alpha value is -6.38. The van der Waals surface area contributed by atoms with Crippen molar-refractivity contribution in [3.05, 3.63) is 181 Å². The van der Waals surface area contributed by atoms with Gasteiger partial charge < -0.3 is 9.13 Å². The summed E-state index contributed by atoms with van der Waals surface area (Å²) in [6.07, 6.45) is 0. The largest absolute Gasteiger partial charge is 0.307 e. The van der Waals surface area contributed by atoms with E-state index in [0.717, 1.165) is 11.4 Å². The smallest absolute Gasteiger partial charge is 0.0789 e. The summed E-state index contributed by atoms with van der Waals surface area (Å²) in [6, 6.07) is 62.6. The Bertz CT molecular complexity index is 2890.